The molecule has 13 heteroatoms. The number of rotatable bonds is 42. The number of benzene rings is 2. The van der Waals surface area contributed by atoms with Crippen molar-refractivity contribution in [1.29, 1.82) is 0 Å². The number of phenolic OH excluding ortho intramolecular Hbond substituents is 2. The Morgan fingerprint density at radius 3 is 0.585 bits per heavy atom. The highest BCUT2D eigenvalue weighted by Gasteiger charge is 2.44. The molecule has 0 heterocycles. The minimum atomic E-state index is -4.94. The van der Waals surface area contributed by atoms with Crippen LogP contribution in [0.15, 0.2) is 9.79 Å². The fourth-order valence-electron chi connectivity index (χ4n) is 7.12. The average molecular weight is 939 g/mol. The van der Waals surface area contributed by atoms with Crippen molar-refractivity contribution >= 4 is 9.84 Å². The van der Waals surface area contributed by atoms with E-state index < -0.39 is 9.84 Å². The molecule has 0 amide bonds. The van der Waals surface area contributed by atoms with E-state index in [1.54, 1.807) is 0 Å². The van der Waals surface area contributed by atoms with Crippen LogP contribution in [0.4, 0.5) is 0 Å². The Hall–Kier alpha value is -3.61. The number of unbranched alkanes of at least 4 members (excludes halogenated alkanes) is 16. The maximum absolute atomic E-state index is 16.5. The molecule has 2 N–H and O–H groups in total. The van der Waals surface area contributed by atoms with Gasteiger partial charge in [0.15, 0.2) is 32.8 Å². The zero-order valence-corrected chi connectivity index (χ0v) is 42.8. The molecule has 0 aliphatic heterocycles. The molecule has 0 unspecified atom stereocenters. The van der Waals surface area contributed by atoms with Crippen LogP contribution >= 0.6 is 0 Å². The van der Waals surface area contributed by atoms with Gasteiger partial charge >= 0.3 is 0 Å². The van der Waals surface area contributed by atoms with Crippen LogP contribution < -0.4 is 37.9 Å². The highest BCUT2D eigenvalue weighted by molar-refractivity contribution is 7.92. The van der Waals surface area contributed by atoms with E-state index in [4.69, 9.17) is 37.9 Å². The molecule has 2 aromatic carbocycles. The third-order valence-corrected chi connectivity index (χ3v) is 12.8. The lowest BCUT2D eigenvalue weighted by Crippen LogP contribution is -2.17. The van der Waals surface area contributed by atoms with Gasteiger partial charge in [-0.2, -0.15) is 0 Å². The van der Waals surface area contributed by atoms with Crippen LogP contribution in [0.25, 0.3) is 0 Å². The van der Waals surface area contributed by atoms with E-state index in [9.17, 15) is 10.2 Å². The molecular formula is C52H90O12S. The van der Waals surface area contributed by atoms with Crippen molar-refractivity contribution in [2.24, 2.45) is 0 Å². The first-order valence-corrected chi connectivity index (χ1v) is 27.3. The van der Waals surface area contributed by atoms with Gasteiger partial charge in [-0.1, -0.05) is 158 Å². The molecule has 0 aliphatic rings. The van der Waals surface area contributed by atoms with Crippen LogP contribution in [-0.4, -0.2) is 71.5 Å². The van der Waals surface area contributed by atoms with Gasteiger partial charge in [0, 0.05) is 0 Å². The van der Waals surface area contributed by atoms with E-state index in [0.29, 0.717) is 51.4 Å². The first-order valence-electron chi connectivity index (χ1n) is 25.8. The zero-order valence-electron chi connectivity index (χ0n) is 42.0. The van der Waals surface area contributed by atoms with Gasteiger partial charge in [-0.3, -0.25) is 0 Å². The van der Waals surface area contributed by atoms with E-state index in [1.807, 2.05) is 0 Å². The number of phenols is 2. The minimum absolute atomic E-state index is 0.135. The molecule has 65 heavy (non-hydrogen) atoms. The molecule has 0 bridgehead atoms. The van der Waals surface area contributed by atoms with Gasteiger partial charge in [0.1, 0.15) is 0 Å². The van der Waals surface area contributed by atoms with E-state index in [-0.39, 0.29) is 120 Å². The summed E-state index contributed by atoms with van der Waals surface area (Å²) < 4.78 is 84.9. The van der Waals surface area contributed by atoms with Gasteiger partial charge in [0.2, 0.25) is 44.3 Å². The van der Waals surface area contributed by atoms with Crippen LogP contribution in [0.2, 0.25) is 0 Å². The maximum Gasteiger partial charge on any atom is 0.221 e. The van der Waals surface area contributed by atoms with Crippen LogP contribution in [-0.2, 0) is 9.84 Å². The molecule has 0 spiro atoms. The molecule has 0 saturated heterocycles. The first-order chi connectivity index (χ1) is 31.7. The predicted octanol–water partition coefficient (Wildman–Crippen LogP) is 14.5. The normalized spacial score (nSPS) is 11.4. The topological polar surface area (TPSA) is 148 Å². The van der Waals surface area contributed by atoms with Gasteiger partial charge in [-0.25, -0.2) is 8.42 Å². The highest BCUT2D eigenvalue weighted by Crippen LogP contribution is 2.61. The van der Waals surface area contributed by atoms with Gasteiger partial charge in [0.05, 0.1) is 52.9 Å². The van der Waals surface area contributed by atoms with Crippen molar-refractivity contribution in [3.8, 4) is 57.5 Å². The molecule has 2 aromatic rings. The van der Waals surface area contributed by atoms with E-state index in [0.717, 1.165) is 103 Å². The van der Waals surface area contributed by atoms with Crippen molar-refractivity contribution in [3.05, 3.63) is 0 Å². The van der Waals surface area contributed by atoms with E-state index >= 15 is 8.42 Å². The Kier molecular flexibility index (Phi) is 30.7. The van der Waals surface area contributed by atoms with Crippen LogP contribution in [0, 0.1) is 0 Å². The lowest BCUT2D eigenvalue weighted by Gasteiger charge is -2.27. The summed E-state index contributed by atoms with van der Waals surface area (Å²) in [5, 5.41) is 24.5. The van der Waals surface area contributed by atoms with Gasteiger partial charge in [-0.15, -0.1) is 0 Å². The Bertz CT molecular complexity index is 1470. The molecule has 0 atom stereocenters. The summed E-state index contributed by atoms with van der Waals surface area (Å²) in [6, 6.07) is 0. The highest BCUT2D eigenvalue weighted by atomic mass is 32.2. The molecule has 0 saturated carbocycles. The molecule has 376 valence electrons. The number of hydrogen-bond donors (Lipinski definition) is 2. The lowest BCUT2D eigenvalue weighted by molar-refractivity contribution is 0.213. The van der Waals surface area contributed by atoms with Crippen LogP contribution in [0.3, 0.4) is 0 Å². The summed E-state index contributed by atoms with van der Waals surface area (Å²) in [4.78, 5) is -0.758. The lowest BCUT2D eigenvalue weighted by atomic mass is 10.2. The average Bonchev–Trinajstić information content (AvgIpc) is 3.29. The summed E-state index contributed by atoms with van der Waals surface area (Å²) in [5.74, 6) is -2.03. The van der Waals surface area contributed by atoms with Crippen molar-refractivity contribution in [1.82, 2.24) is 0 Å². The Morgan fingerprint density at radius 1 is 0.277 bits per heavy atom. The minimum Gasteiger partial charge on any atom is -0.501 e. The van der Waals surface area contributed by atoms with Crippen LogP contribution in [0.1, 0.15) is 209 Å². The second-order valence-corrected chi connectivity index (χ2v) is 18.8. The fourth-order valence-corrected chi connectivity index (χ4v) is 8.90. The van der Waals surface area contributed by atoms with Gasteiger partial charge < -0.3 is 48.1 Å². The third kappa shape index (κ3) is 18.9. The van der Waals surface area contributed by atoms with Crippen molar-refractivity contribution in [2.75, 3.05) is 52.9 Å². The van der Waals surface area contributed by atoms with Gasteiger partial charge in [0.25, 0.3) is 0 Å². The Balaban J connectivity index is 3.39. The summed E-state index contributed by atoms with van der Waals surface area (Å²) in [6.45, 7) is 18.0. The SMILES string of the molecule is CCCCCOc1c(O)c(OCCCCC)c(OCCCCC)c(S(=O)(=O)c2c(OCCCCC)c(OCCCCC)c(O)c(OCCCCC)c2OCCCCC)c1OCCCCC. The number of hydrogen-bond acceptors (Lipinski definition) is 12. The predicted molar refractivity (Wildman–Crippen MR) is 262 cm³/mol. The zero-order chi connectivity index (χ0) is 47.7. The molecule has 0 aromatic heterocycles. The molecule has 2 rings (SSSR count). The van der Waals surface area contributed by atoms with Gasteiger partial charge in [-0.05, 0) is 51.4 Å². The van der Waals surface area contributed by atoms with Crippen molar-refractivity contribution in [3.63, 3.8) is 0 Å². The number of aromatic hydroxyl groups is 2. The Morgan fingerprint density at radius 2 is 0.431 bits per heavy atom. The monoisotopic (exact) mass is 939 g/mol. The molecule has 12 nitrogen and oxygen atoms in total. The number of sulfone groups is 1. The molecule has 0 aliphatic carbocycles. The molecule has 0 radical (unpaired) electrons. The second kappa shape index (κ2) is 34.7. The summed E-state index contributed by atoms with van der Waals surface area (Å²) in [7, 11) is -4.94. The van der Waals surface area contributed by atoms with Crippen LogP contribution in [0.5, 0.6) is 57.5 Å². The van der Waals surface area contributed by atoms with E-state index in [2.05, 4.69) is 55.4 Å². The molecule has 0 fully saturated rings. The largest absolute Gasteiger partial charge is 0.501 e. The summed E-state index contributed by atoms with van der Waals surface area (Å²) in [6.07, 6.45) is 19.3. The van der Waals surface area contributed by atoms with Crippen molar-refractivity contribution < 1.29 is 56.5 Å². The third-order valence-electron chi connectivity index (χ3n) is 11.0. The second-order valence-electron chi connectivity index (χ2n) is 16.9. The van der Waals surface area contributed by atoms with E-state index in [1.165, 1.54) is 0 Å². The maximum atomic E-state index is 16.5. The quantitative estimate of drug-likeness (QED) is 0.0610. The smallest absolute Gasteiger partial charge is 0.221 e. The number of ether oxygens (including phenoxy) is 8. The first kappa shape index (κ1) is 57.5. The van der Waals surface area contributed by atoms with Crippen molar-refractivity contribution in [2.45, 2.75) is 219 Å². The summed E-state index contributed by atoms with van der Waals surface area (Å²) in [5.41, 5.74) is 0. The Labute approximate surface area is 394 Å². The summed E-state index contributed by atoms with van der Waals surface area (Å²) >= 11 is 0. The molecular weight excluding hydrogens is 849 g/mol. The standard InChI is InChI=1S/C52H90O12S/c1-9-17-25-33-57-43-41(53)44(58-34-26-18-10-2)48(62-38-30-22-14-6)51(47(43)61-37-29-21-13-5)65(55,56)52-49(63-39-31-23-15-7)45(59-35-27-19-11-3)42(54)46(60-36-28-20-12-4)50(52)64-40-32-24-16-8/h53-54H,9-40H2,1-8H3. The fraction of sp³-hybridized carbons (Fsp3) is 0.769.